The van der Waals surface area contributed by atoms with Crippen molar-refractivity contribution in [3.8, 4) is 17.2 Å². The molecule has 0 heterocycles. The Morgan fingerprint density at radius 3 is 2.64 bits per heavy atom. The van der Waals surface area contributed by atoms with Crippen LogP contribution in [0.4, 0.5) is 0 Å². The average Bonchev–Trinajstić information content (AvgIpc) is 2.63. The van der Waals surface area contributed by atoms with Gasteiger partial charge in [0.1, 0.15) is 17.2 Å². The quantitative estimate of drug-likeness (QED) is 0.562. The molecule has 0 aliphatic rings. The molecular weight excluding hydrogens is 388 g/mol. The first kappa shape index (κ1) is 18.8. The van der Waals surface area contributed by atoms with Crippen molar-refractivity contribution in [3.63, 3.8) is 0 Å². The molecule has 2 aromatic rings. The summed E-state index contributed by atoms with van der Waals surface area (Å²) in [4.78, 5) is 12.4. The van der Waals surface area contributed by atoms with Gasteiger partial charge in [-0.2, -0.15) is 5.10 Å². The van der Waals surface area contributed by atoms with E-state index in [-0.39, 0.29) is 5.91 Å². The molecule has 2 aromatic carbocycles. The van der Waals surface area contributed by atoms with Gasteiger partial charge in [0.15, 0.2) is 0 Å². The fourth-order valence-corrected chi connectivity index (χ4v) is 2.47. The highest BCUT2D eigenvalue weighted by molar-refractivity contribution is 9.10. The summed E-state index contributed by atoms with van der Waals surface area (Å²) in [5.41, 5.74) is 3.61. The van der Waals surface area contributed by atoms with Gasteiger partial charge in [-0.1, -0.05) is 15.9 Å². The zero-order valence-corrected chi connectivity index (χ0v) is 15.8. The van der Waals surface area contributed by atoms with E-state index in [4.69, 9.17) is 14.2 Å². The Kier molecular flexibility index (Phi) is 6.82. The zero-order valence-electron chi connectivity index (χ0n) is 14.2. The van der Waals surface area contributed by atoms with Gasteiger partial charge >= 0.3 is 0 Å². The predicted octanol–water partition coefficient (Wildman–Crippen LogP) is 3.63. The minimum Gasteiger partial charge on any atom is -0.497 e. The number of nitrogens with one attached hydrogen (secondary N) is 1. The van der Waals surface area contributed by atoms with Crippen LogP contribution in [-0.2, 0) is 0 Å². The number of methoxy groups -OCH3 is 2. The second-order valence-corrected chi connectivity index (χ2v) is 5.80. The van der Waals surface area contributed by atoms with Crippen molar-refractivity contribution < 1.29 is 19.0 Å². The lowest BCUT2D eigenvalue weighted by Crippen LogP contribution is -2.19. The number of halogens is 1. The number of ether oxygens (including phenoxy) is 3. The third-order valence-corrected chi connectivity index (χ3v) is 3.79. The summed E-state index contributed by atoms with van der Waals surface area (Å²) in [5, 5.41) is 4.00. The van der Waals surface area contributed by atoms with Crippen LogP contribution in [0, 0.1) is 0 Å². The topological polar surface area (TPSA) is 69.2 Å². The van der Waals surface area contributed by atoms with Crippen molar-refractivity contribution in [2.24, 2.45) is 5.10 Å². The predicted molar refractivity (Wildman–Crippen MR) is 99.9 cm³/mol. The third kappa shape index (κ3) is 4.96. The second kappa shape index (κ2) is 9.08. The summed E-state index contributed by atoms with van der Waals surface area (Å²) in [6, 6.07) is 10.5. The van der Waals surface area contributed by atoms with Gasteiger partial charge in [-0.25, -0.2) is 5.43 Å². The van der Waals surface area contributed by atoms with Crippen molar-refractivity contribution in [1.82, 2.24) is 5.43 Å². The van der Waals surface area contributed by atoms with Crippen LogP contribution >= 0.6 is 15.9 Å². The molecule has 0 fully saturated rings. The molecule has 6 nitrogen and oxygen atoms in total. The normalized spacial score (nSPS) is 10.6. The van der Waals surface area contributed by atoms with E-state index in [0.717, 1.165) is 4.47 Å². The Labute approximate surface area is 154 Å². The molecule has 2 rings (SSSR count). The average molecular weight is 407 g/mol. The fourth-order valence-electron chi connectivity index (χ4n) is 2.11. The first-order valence-corrected chi connectivity index (χ1v) is 8.36. The van der Waals surface area contributed by atoms with Gasteiger partial charge < -0.3 is 14.2 Å². The molecule has 132 valence electrons. The second-order valence-electron chi connectivity index (χ2n) is 4.88. The molecule has 1 amide bonds. The lowest BCUT2D eigenvalue weighted by Gasteiger charge is -2.09. The molecular formula is C18H19BrN2O4. The molecule has 0 aromatic heterocycles. The van der Waals surface area contributed by atoms with Crippen LogP contribution in [0.2, 0.25) is 0 Å². The Bertz CT molecular complexity index is 778. The molecule has 0 saturated carbocycles. The van der Waals surface area contributed by atoms with Gasteiger partial charge in [-0.05, 0) is 37.3 Å². The molecule has 1 N–H and O–H groups in total. The van der Waals surface area contributed by atoms with Crippen LogP contribution in [0.1, 0.15) is 22.8 Å². The SMILES string of the molecule is CCOc1ccc(Br)cc1C(=O)NN=Cc1ccc(OC)cc1OC. The van der Waals surface area contributed by atoms with Crippen LogP contribution in [0.15, 0.2) is 46.0 Å². The van der Waals surface area contributed by atoms with Crippen molar-refractivity contribution in [3.05, 3.63) is 52.0 Å². The number of amides is 1. The molecule has 0 aliphatic carbocycles. The van der Waals surface area contributed by atoms with E-state index in [2.05, 4.69) is 26.5 Å². The maximum Gasteiger partial charge on any atom is 0.275 e. The van der Waals surface area contributed by atoms with E-state index < -0.39 is 0 Å². The lowest BCUT2D eigenvalue weighted by atomic mass is 10.2. The number of hydrogen-bond donors (Lipinski definition) is 1. The highest BCUT2D eigenvalue weighted by atomic mass is 79.9. The summed E-state index contributed by atoms with van der Waals surface area (Å²) < 4.78 is 16.7. The number of carbonyl (C=O) groups is 1. The maximum absolute atomic E-state index is 12.4. The first-order chi connectivity index (χ1) is 12.1. The van der Waals surface area contributed by atoms with Gasteiger partial charge in [0.05, 0.1) is 32.6 Å². The van der Waals surface area contributed by atoms with Gasteiger partial charge in [0.25, 0.3) is 5.91 Å². The van der Waals surface area contributed by atoms with Crippen molar-refractivity contribution in [2.45, 2.75) is 6.92 Å². The van der Waals surface area contributed by atoms with E-state index in [9.17, 15) is 4.79 Å². The minimum atomic E-state index is -0.367. The highest BCUT2D eigenvalue weighted by Gasteiger charge is 2.12. The minimum absolute atomic E-state index is 0.367. The first-order valence-electron chi connectivity index (χ1n) is 7.56. The van der Waals surface area contributed by atoms with E-state index in [1.165, 1.54) is 6.21 Å². The lowest BCUT2D eigenvalue weighted by molar-refractivity contribution is 0.0951. The van der Waals surface area contributed by atoms with E-state index in [0.29, 0.717) is 35.0 Å². The van der Waals surface area contributed by atoms with Gasteiger partial charge in [0.2, 0.25) is 0 Å². The van der Waals surface area contributed by atoms with E-state index >= 15 is 0 Å². The molecule has 0 bridgehead atoms. The van der Waals surface area contributed by atoms with Crippen molar-refractivity contribution in [2.75, 3.05) is 20.8 Å². The summed E-state index contributed by atoms with van der Waals surface area (Å²) in [6.45, 7) is 2.33. The number of benzene rings is 2. The van der Waals surface area contributed by atoms with Crippen LogP contribution in [-0.4, -0.2) is 32.9 Å². The molecule has 0 aliphatic heterocycles. The molecule has 25 heavy (non-hydrogen) atoms. The number of hydrogen-bond acceptors (Lipinski definition) is 5. The molecule has 0 atom stereocenters. The summed E-state index contributed by atoms with van der Waals surface area (Å²) >= 11 is 3.35. The molecule has 0 radical (unpaired) electrons. The molecule has 7 heteroatoms. The van der Waals surface area contributed by atoms with Crippen molar-refractivity contribution >= 4 is 28.1 Å². The van der Waals surface area contributed by atoms with Crippen LogP contribution in [0.5, 0.6) is 17.2 Å². The fraction of sp³-hybridized carbons (Fsp3) is 0.222. The Hall–Kier alpha value is -2.54. The maximum atomic E-state index is 12.4. The highest BCUT2D eigenvalue weighted by Crippen LogP contribution is 2.24. The van der Waals surface area contributed by atoms with E-state index in [1.807, 2.05) is 13.0 Å². The zero-order chi connectivity index (χ0) is 18.2. The number of hydrazone groups is 1. The van der Waals surface area contributed by atoms with Crippen LogP contribution < -0.4 is 19.6 Å². The molecule has 0 spiro atoms. The summed E-state index contributed by atoms with van der Waals surface area (Å²) in [7, 11) is 3.14. The standard InChI is InChI=1S/C18H19BrN2O4/c1-4-25-16-8-6-13(19)9-15(16)18(22)21-20-11-12-5-7-14(23-2)10-17(12)24-3/h5-11H,4H2,1-3H3,(H,21,22). The summed E-state index contributed by atoms with van der Waals surface area (Å²) in [6.07, 6.45) is 1.51. The molecule has 0 unspecified atom stereocenters. The van der Waals surface area contributed by atoms with Crippen LogP contribution in [0.25, 0.3) is 0 Å². The van der Waals surface area contributed by atoms with Gasteiger partial charge in [-0.3, -0.25) is 4.79 Å². The largest absolute Gasteiger partial charge is 0.497 e. The number of nitrogens with zero attached hydrogens (tertiary/aromatic N) is 1. The van der Waals surface area contributed by atoms with E-state index in [1.54, 1.807) is 44.6 Å². The van der Waals surface area contributed by atoms with Crippen molar-refractivity contribution in [1.29, 1.82) is 0 Å². The third-order valence-electron chi connectivity index (χ3n) is 3.30. The number of rotatable bonds is 7. The summed E-state index contributed by atoms with van der Waals surface area (Å²) in [5.74, 6) is 1.40. The van der Waals surface area contributed by atoms with Gasteiger partial charge in [0, 0.05) is 16.1 Å². The van der Waals surface area contributed by atoms with Gasteiger partial charge in [-0.15, -0.1) is 0 Å². The smallest absolute Gasteiger partial charge is 0.275 e. The number of carbonyl (C=O) groups excluding carboxylic acids is 1. The monoisotopic (exact) mass is 406 g/mol. The Morgan fingerprint density at radius 1 is 1.16 bits per heavy atom. The van der Waals surface area contributed by atoms with Crippen LogP contribution in [0.3, 0.4) is 0 Å². The Morgan fingerprint density at radius 2 is 1.96 bits per heavy atom. The Balaban J connectivity index is 2.15. The molecule has 0 saturated heterocycles.